The fraction of sp³-hybridized carbons (Fsp3) is 0.333. The number of amides is 2. The van der Waals surface area contributed by atoms with Crippen molar-refractivity contribution in [3.63, 3.8) is 0 Å². The number of rotatable bonds is 8. The van der Waals surface area contributed by atoms with Crippen LogP contribution in [0.3, 0.4) is 0 Å². The highest BCUT2D eigenvalue weighted by molar-refractivity contribution is 7.89. The molecule has 2 aromatic carbocycles. The second-order valence-corrected chi connectivity index (χ2v) is 8.71. The summed E-state index contributed by atoms with van der Waals surface area (Å²) >= 11 is 0. The van der Waals surface area contributed by atoms with E-state index in [1.54, 1.807) is 12.1 Å². The van der Waals surface area contributed by atoms with Crippen molar-refractivity contribution in [1.29, 1.82) is 0 Å². The highest BCUT2D eigenvalue weighted by atomic mass is 32.2. The van der Waals surface area contributed by atoms with E-state index < -0.39 is 28.1 Å². The molecule has 2 N–H and O–H groups in total. The Balaban J connectivity index is 1.51. The summed E-state index contributed by atoms with van der Waals surface area (Å²) in [6.45, 7) is 0.520. The maximum Gasteiger partial charge on any atom is 0.309 e. The molecule has 1 aliphatic rings. The number of nitrogens with zero attached hydrogens (tertiary/aromatic N) is 1. The van der Waals surface area contributed by atoms with Gasteiger partial charge in [0.15, 0.2) is 0 Å². The van der Waals surface area contributed by atoms with E-state index in [-0.39, 0.29) is 24.6 Å². The van der Waals surface area contributed by atoms with Crippen LogP contribution in [0.15, 0.2) is 59.5 Å². The molecule has 1 fully saturated rings. The van der Waals surface area contributed by atoms with Crippen LogP contribution < -0.4 is 15.4 Å². The van der Waals surface area contributed by atoms with Gasteiger partial charge in [-0.25, -0.2) is 8.42 Å². The van der Waals surface area contributed by atoms with Crippen LogP contribution in [0.2, 0.25) is 0 Å². The second kappa shape index (κ2) is 10.4. The van der Waals surface area contributed by atoms with Crippen molar-refractivity contribution in [2.24, 2.45) is 0 Å². The van der Waals surface area contributed by atoms with Gasteiger partial charge < -0.3 is 20.1 Å². The summed E-state index contributed by atoms with van der Waals surface area (Å²) in [6.07, 6.45) is -0.299. The molecule has 166 valence electrons. The number of carbonyl (C=O) groups is 2. The van der Waals surface area contributed by atoms with Crippen LogP contribution in [-0.2, 0) is 30.8 Å². The van der Waals surface area contributed by atoms with Gasteiger partial charge in [0.1, 0.15) is 12.0 Å². The Morgan fingerprint density at radius 3 is 2.42 bits per heavy atom. The number of ether oxygens (including phenoxy) is 2. The summed E-state index contributed by atoms with van der Waals surface area (Å²) in [5.74, 6) is -1.08. The summed E-state index contributed by atoms with van der Waals surface area (Å²) in [7, 11) is -2.33. The first-order valence-corrected chi connectivity index (χ1v) is 11.2. The Bertz CT molecular complexity index is 996. The quantitative estimate of drug-likeness (QED) is 0.571. The van der Waals surface area contributed by atoms with Gasteiger partial charge in [0, 0.05) is 13.1 Å². The van der Waals surface area contributed by atoms with Crippen LogP contribution in [0.25, 0.3) is 0 Å². The van der Waals surface area contributed by atoms with Crippen molar-refractivity contribution < 1.29 is 27.5 Å². The highest BCUT2D eigenvalue weighted by Gasteiger charge is 2.36. The predicted molar refractivity (Wildman–Crippen MR) is 113 cm³/mol. The van der Waals surface area contributed by atoms with Crippen molar-refractivity contribution in [2.75, 3.05) is 33.4 Å². The largest absolute Gasteiger partial charge is 0.497 e. The topological polar surface area (TPSA) is 114 Å². The smallest absolute Gasteiger partial charge is 0.309 e. The lowest BCUT2D eigenvalue weighted by atomic mass is 10.1. The Hall–Kier alpha value is -2.95. The Kier molecular flexibility index (Phi) is 7.61. The minimum atomic E-state index is -3.82. The van der Waals surface area contributed by atoms with Gasteiger partial charge in [0.2, 0.25) is 10.0 Å². The van der Waals surface area contributed by atoms with E-state index >= 15 is 0 Å². The van der Waals surface area contributed by atoms with E-state index in [0.717, 1.165) is 5.56 Å². The molecule has 9 nitrogen and oxygen atoms in total. The molecule has 2 aromatic rings. The molecule has 3 rings (SSSR count). The lowest BCUT2D eigenvalue weighted by Crippen LogP contribution is -2.47. The third-order valence-corrected chi connectivity index (χ3v) is 6.70. The van der Waals surface area contributed by atoms with Gasteiger partial charge in [-0.1, -0.05) is 30.3 Å². The fourth-order valence-electron chi connectivity index (χ4n) is 3.13. The summed E-state index contributed by atoms with van der Waals surface area (Å²) in [5, 5.41) is 4.99. The monoisotopic (exact) mass is 447 g/mol. The first-order valence-electron chi connectivity index (χ1n) is 9.79. The van der Waals surface area contributed by atoms with Crippen molar-refractivity contribution in [1.82, 2.24) is 14.9 Å². The van der Waals surface area contributed by atoms with E-state index in [4.69, 9.17) is 9.47 Å². The second-order valence-electron chi connectivity index (χ2n) is 6.82. The Morgan fingerprint density at radius 1 is 1.06 bits per heavy atom. The number of carbonyl (C=O) groups excluding carboxylic acids is 2. The standard InChI is InChI=1S/C21H25N3O6S/c1-29-17-7-9-18(10-8-17)31(27,28)24-13-14-30-19(24)15-23-21(26)20(25)22-12-11-16-5-3-2-4-6-16/h2-10,19H,11-15H2,1H3,(H,22,25)(H,23,26)/t19-/m1/s1. The van der Waals surface area contributed by atoms with Crippen LogP contribution in [-0.4, -0.2) is 64.1 Å². The van der Waals surface area contributed by atoms with Crippen molar-refractivity contribution in [3.05, 3.63) is 60.2 Å². The van der Waals surface area contributed by atoms with Gasteiger partial charge in [-0.05, 0) is 36.2 Å². The summed E-state index contributed by atoms with van der Waals surface area (Å²) in [5.41, 5.74) is 1.04. The minimum absolute atomic E-state index is 0.0915. The van der Waals surface area contributed by atoms with Crippen LogP contribution in [0, 0.1) is 0 Å². The molecule has 0 aromatic heterocycles. The normalized spacial score (nSPS) is 16.6. The predicted octanol–water partition coefficient (Wildman–Crippen LogP) is 0.517. The molecule has 0 saturated carbocycles. The average molecular weight is 448 g/mol. The fourth-order valence-corrected chi connectivity index (χ4v) is 4.64. The molecule has 1 heterocycles. The first-order chi connectivity index (χ1) is 14.9. The van der Waals surface area contributed by atoms with Crippen molar-refractivity contribution in [2.45, 2.75) is 17.5 Å². The zero-order valence-corrected chi connectivity index (χ0v) is 17.9. The van der Waals surface area contributed by atoms with Crippen molar-refractivity contribution >= 4 is 21.8 Å². The van der Waals surface area contributed by atoms with Crippen LogP contribution in [0.4, 0.5) is 0 Å². The molecule has 0 aliphatic carbocycles. The van der Waals surface area contributed by atoms with Crippen LogP contribution in [0.1, 0.15) is 5.56 Å². The summed E-state index contributed by atoms with van der Waals surface area (Å²) in [6, 6.07) is 15.6. The molecule has 0 spiro atoms. The Morgan fingerprint density at radius 2 is 1.74 bits per heavy atom. The average Bonchev–Trinajstić information content (AvgIpc) is 3.27. The first kappa shape index (κ1) is 22.7. The number of sulfonamides is 1. The molecule has 31 heavy (non-hydrogen) atoms. The molecule has 0 unspecified atom stereocenters. The molecule has 0 radical (unpaired) electrons. The third kappa shape index (κ3) is 5.81. The molecule has 1 saturated heterocycles. The SMILES string of the molecule is COc1ccc(S(=O)(=O)N2CCO[C@@H]2CNC(=O)C(=O)NCCc2ccccc2)cc1. The van der Waals surface area contributed by atoms with Gasteiger partial charge in [-0.3, -0.25) is 9.59 Å². The maximum absolute atomic E-state index is 12.9. The van der Waals surface area contributed by atoms with E-state index in [9.17, 15) is 18.0 Å². The van der Waals surface area contributed by atoms with Crippen LogP contribution in [0.5, 0.6) is 5.75 Å². The van der Waals surface area contributed by atoms with E-state index in [1.807, 2.05) is 30.3 Å². The highest BCUT2D eigenvalue weighted by Crippen LogP contribution is 2.23. The van der Waals surface area contributed by atoms with E-state index in [0.29, 0.717) is 18.7 Å². The van der Waals surface area contributed by atoms with Gasteiger partial charge >= 0.3 is 11.8 Å². The number of methoxy groups -OCH3 is 1. The molecule has 10 heteroatoms. The number of hydrogen-bond donors (Lipinski definition) is 2. The van der Waals surface area contributed by atoms with Gasteiger partial charge in [0.05, 0.1) is 25.2 Å². The van der Waals surface area contributed by atoms with E-state index in [1.165, 1.54) is 23.5 Å². The molecular weight excluding hydrogens is 422 g/mol. The Labute approximate surface area is 181 Å². The molecule has 1 atom stereocenters. The minimum Gasteiger partial charge on any atom is -0.497 e. The van der Waals surface area contributed by atoms with Crippen molar-refractivity contribution in [3.8, 4) is 5.75 Å². The lowest BCUT2D eigenvalue weighted by molar-refractivity contribution is -0.139. The number of nitrogens with one attached hydrogen (secondary N) is 2. The molecule has 0 bridgehead atoms. The van der Waals surface area contributed by atoms with Gasteiger partial charge in [0.25, 0.3) is 0 Å². The number of hydrogen-bond acceptors (Lipinski definition) is 6. The summed E-state index contributed by atoms with van der Waals surface area (Å²) < 4.78 is 37.5. The zero-order valence-electron chi connectivity index (χ0n) is 17.1. The molecule has 2 amide bonds. The van der Waals surface area contributed by atoms with Crippen LogP contribution >= 0.6 is 0 Å². The number of benzene rings is 2. The third-order valence-electron chi connectivity index (χ3n) is 4.79. The maximum atomic E-state index is 12.9. The van der Waals surface area contributed by atoms with Gasteiger partial charge in [-0.15, -0.1) is 0 Å². The summed E-state index contributed by atoms with van der Waals surface area (Å²) in [4.78, 5) is 24.2. The molecule has 1 aliphatic heterocycles. The molecular formula is C21H25N3O6S. The van der Waals surface area contributed by atoms with Gasteiger partial charge in [-0.2, -0.15) is 4.31 Å². The van der Waals surface area contributed by atoms with E-state index in [2.05, 4.69) is 10.6 Å². The zero-order chi connectivity index (χ0) is 22.3. The lowest BCUT2D eigenvalue weighted by Gasteiger charge is -2.23.